The van der Waals surface area contributed by atoms with E-state index in [4.69, 9.17) is 5.73 Å². The topological polar surface area (TPSA) is 119 Å². The molecule has 0 radical (unpaired) electrons. The van der Waals surface area contributed by atoms with Crippen LogP contribution in [-0.2, 0) is 10.5 Å². The molecule has 0 aliphatic heterocycles. The second-order valence-corrected chi connectivity index (χ2v) is 6.00. The number of nitrogens with one attached hydrogen (secondary N) is 2. The van der Waals surface area contributed by atoms with E-state index >= 15 is 0 Å². The first-order valence-corrected chi connectivity index (χ1v) is 8.20. The minimum absolute atomic E-state index is 0.0197. The number of benzene rings is 1. The third-order valence-electron chi connectivity index (χ3n) is 4.28. The Kier molecular flexibility index (Phi) is 5.41. The van der Waals surface area contributed by atoms with E-state index in [1.165, 1.54) is 10.9 Å². The van der Waals surface area contributed by atoms with Gasteiger partial charge in [0.05, 0.1) is 11.7 Å². The molecule has 0 saturated carbocycles. The molecule has 4 N–H and O–H groups in total. The molecular formula is C17H23N5O3. The van der Waals surface area contributed by atoms with Crippen LogP contribution in [0.5, 0.6) is 0 Å². The van der Waals surface area contributed by atoms with Crippen molar-refractivity contribution < 1.29 is 14.4 Å². The lowest BCUT2D eigenvalue weighted by atomic mass is 10.1. The molecule has 0 saturated heterocycles. The molecule has 0 unspecified atom stereocenters. The van der Waals surface area contributed by atoms with Crippen LogP contribution in [-0.4, -0.2) is 34.0 Å². The first-order chi connectivity index (χ1) is 11.9. The van der Waals surface area contributed by atoms with Gasteiger partial charge in [-0.1, -0.05) is 13.8 Å². The summed E-state index contributed by atoms with van der Waals surface area (Å²) >= 11 is 0. The van der Waals surface area contributed by atoms with Gasteiger partial charge >= 0.3 is 6.03 Å². The second kappa shape index (κ2) is 7.33. The van der Waals surface area contributed by atoms with E-state index in [9.17, 15) is 14.4 Å². The van der Waals surface area contributed by atoms with Gasteiger partial charge in [0.1, 0.15) is 0 Å². The number of rotatable bonds is 7. The van der Waals surface area contributed by atoms with Crippen LogP contribution in [0, 0.1) is 0 Å². The SMILES string of the molecule is CC[C@@H](C)NC(=O)N[C@](C=O)(CC)n1ncc2cc(C(N)=O)ccc21. The van der Waals surface area contributed by atoms with Gasteiger partial charge in [-0.25, -0.2) is 9.48 Å². The van der Waals surface area contributed by atoms with Crippen molar-refractivity contribution in [1.82, 2.24) is 20.4 Å². The van der Waals surface area contributed by atoms with Crippen molar-refractivity contribution in [2.24, 2.45) is 5.73 Å². The number of primary amides is 1. The Bertz CT molecular complexity index is 801. The maximum atomic E-state index is 12.2. The summed E-state index contributed by atoms with van der Waals surface area (Å²) < 4.78 is 1.45. The third kappa shape index (κ3) is 3.62. The molecule has 25 heavy (non-hydrogen) atoms. The fraction of sp³-hybridized carbons (Fsp3) is 0.412. The quantitative estimate of drug-likeness (QED) is 0.659. The summed E-state index contributed by atoms with van der Waals surface area (Å²) in [5, 5.41) is 10.4. The summed E-state index contributed by atoms with van der Waals surface area (Å²) in [4.78, 5) is 35.4. The molecule has 0 bridgehead atoms. The molecule has 134 valence electrons. The fourth-order valence-electron chi connectivity index (χ4n) is 2.52. The summed E-state index contributed by atoms with van der Waals surface area (Å²) in [6.07, 6.45) is 3.27. The molecule has 0 fully saturated rings. The van der Waals surface area contributed by atoms with Gasteiger partial charge in [0.2, 0.25) is 5.91 Å². The van der Waals surface area contributed by atoms with E-state index in [1.54, 1.807) is 25.1 Å². The van der Waals surface area contributed by atoms with Crippen molar-refractivity contribution in [1.29, 1.82) is 0 Å². The molecule has 1 aromatic heterocycles. The van der Waals surface area contributed by atoms with Gasteiger partial charge in [-0.15, -0.1) is 0 Å². The van der Waals surface area contributed by atoms with Crippen molar-refractivity contribution in [3.05, 3.63) is 30.0 Å². The number of nitrogens with zero attached hydrogens (tertiary/aromatic N) is 2. The van der Waals surface area contributed by atoms with Crippen LogP contribution in [0.4, 0.5) is 4.79 Å². The van der Waals surface area contributed by atoms with Gasteiger partial charge in [-0.3, -0.25) is 9.59 Å². The number of hydrogen-bond acceptors (Lipinski definition) is 4. The van der Waals surface area contributed by atoms with Crippen molar-refractivity contribution in [2.75, 3.05) is 0 Å². The minimum atomic E-state index is -1.33. The van der Waals surface area contributed by atoms with E-state index in [-0.39, 0.29) is 6.04 Å². The number of aromatic nitrogens is 2. The second-order valence-electron chi connectivity index (χ2n) is 6.00. The van der Waals surface area contributed by atoms with E-state index < -0.39 is 17.6 Å². The number of amides is 3. The molecule has 2 aromatic rings. The number of aldehydes is 1. The van der Waals surface area contributed by atoms with E-state index in [0.717, 1.165) is 6.42 Å². The number of carbonyl (C=O) groups is 3. The Labute approximate surface area is 145 Å². The zero-order valence-corrected chi connectivity index (χ0v) is 14.6. The molecule has 8 nitrogen and oxygen atoms in total. The highest BCUT2D eigenvalue weighted by molar-refractivity contribution is 5.97. The monoisotopic (exact) mass is 345 g/mol. The maximum absolute atomic E-state index is 12.2. The Morgan fingerprint density at radius 3 is 2.68 bits per heavy atom. The average molecular weight is 345 g/mol. The highest BCUT2D eigenvalue weighted by atomic mass is 16.2. The molecule has 1 aromatic carbocycles. The molecule has 2 rings (SSSR count). The Hall–Kier alpha value is -2.90. The van der Waals surface area contributed by atoms with Gasteiger partial charge in [0, 0.05) is 17.0 Å². The van der Waals surface area contributed by atoms with Crippen LogP contribution in [0.15, 0.2) is 24.4 Å². The van der Waals surface area contributed by atoms with Crippen LogP contribution in [0.2, 0.25) is 0 Å². The lowest BCUT2D eigenvalue weighted by Gasteiger charge is -2.30. The van der Waals surface area contributed by atoms with Crippen molar-refractivity contribution >= 4 is 29.1 Å². The Morgan fingerprint density at radius 1 is 1.40 bits per heavy atom. The molecule has 8 heteroatoms. The van der Waals surface area contributed by atoms with E-state index in [2.05, 4.69) is 15.7 Å². The lowest BCUT2D eigenvalue weighted by molar-refractivity contribution is -0.116. The van der Waals surface area contributed by atoms with Crippen molar-refractivity contribution in [2.45, 2.75) is 45.3 Å². The molecular weight excluding hydrogens is 322 g/mol. The number of nitrogens with two attached hydrogens (primary N) is 1. The van der Waals surface area contributed by atoms with Gasteiger partial charge in [0.25, 0.3) is 0 Å². The minimum Gasteiger partial charge on any atom is -0.366 e. The van der Waals surface area contributed by atoms with Gasteiger partial charge < -0.3 is 16.4 Å². The average Bonchev–Trinajstić information content (AvgIpc) is 3.03. The van der Waals surface area contributed by atoms with Crippen LogP contribution in [0.3, 0.4) is 0 Å². The first kappa shape index (κ1) is 18.4. The number of urea groups is 1. The van der Waals surface area contributed by atoms with Crippen molar-refractivity contribution in [3.8, 4) is 0 Å². The number of hydrogen-bond donors (Lipinski definition) is 3. The fourth-order valence-corrected chi connectivity index (χ4v) is 2.52. The summed E-state index contributed by atoms with van der Waals surface area (Å²) in [6, 6.07) is 4.36. The zero-order chi connectivity index (χ0) is 18.6. The Morgan fingerprint density at radius 2 is 2.12 bits per heavy atom. The predicted molar refractivity (Wildman–Crippen MR) is 94.0 cm³/mol. The summed E-state index contributed by atoms with van der Waals surface area (Å²) in [6.45, 7) is 5.61. The molecule has 0 aliphatic carbocycles. The van der Waals surface area contributed by atoms with Gasteiger partial charge in [-0.05, 0) is 38.0 Å². The summed E-state index contributed by atoms with van der Waals surface area (Å²) in [5.74, 6) is -0.544. The first-order valence-electron chi connectivity index (χ1n) is 8.20. The Balaban J connectivity index is 2.42. The predicted octanol–water partition coefficient (Wildman–Crippen LogP) is 1.49. The van der Waals surface area contributed by atoms with E-state index in [0.29, 0.717) is 29.2 Å². The normalized spacial score (nSPS) is 14.5. The lowest BCUT2D eigenvalue weighted by Crippen LogP contribution is -2.56. The molecule has 1 heterocycles. The van der Waals surface area contributed by atoms with Crippen LogP contribution in [0.25, 0.3) is 10.9 Å². The molecule has 3 amide bonds. The smallest absolute Gasteiger partial charge is 0.317 e. The molecule has 0 aliphatic rings. The molecule has 0 spiro atoms. The summed E-state index contributed by atoms with van der Waals surface area (Å²) in [7, 11) is 0. The highest BCUT2D eigenvalue weighted by Gasteiger charge is 2.34. The zero-order valence-electron chi connectivity index (χ0n) is 14.6. The summed E-state index contributed by atoms with van der Waals surface area (Å²) in [5.41, 5.74) is 4.93. The number of fused-ring (bicyclic) bond motifs is 1. The van der Waals surface area contributed by atoms with Gasteiger partial charge in [-0.2, -0.15) is 5.10 Å². The largest absolute Gasteiger partial charge is 0.366 e. The van der Waals surface area contributed by atoms with Gasteiger partial charge in [0.15, 0.2) is 11.9 Å². The highest BCUT2D eigenvalue weighted by Crippen LogP contribution is 2.23. The number of carbonyl (C=O) groups excluding carboxylic acids is 3. The van der Waals surface area contributed by atoms with Crippen LogP contribution >= 0.6 is 0 Å². The third-order valence-corrected chi connectivity index (χ3v) is 4.28. The molecule has 2 atom stereocenters. The maximum Gasteiger partial charge on any atom is 0.317 e. The van der Waals surface area contributed by atoms with Crippen LogP contribution in [0.1, 0.15) is 44.0 Å². The van der Waals surface area contributed by atoms with E-state index in [1.807, 2.05) is 13.8 Å². The standard InChI is InChI=1S/C17H23N5O3/c1-4-11(3)20-16(25)21-17(5-2,10-23)22-14-7-6-12(15(18)24)8-13(14)9-19-22/h6-11H,4-5H2,1-3H3,(H2,18,24)(H2,20,21,25)/t11-,17-/m1/s1. The van der Waals surface area contributed by atoms with Crippen molar-refractivity contribution in [3.63, 3.8) is 0 Å². The van der Waals surface area contributed by atoms with Crippen LogP contribution < -0.4 is 16.4 Å².